The molecule has 0 aliphatic heterocycles. The van der Waals surface area contributed by atoms with Crippen molar-refractivity contribution < 1.29 is 19.4 Å². The van der Waals surface area contributed by atoms with Gasteiger partial charge in [0.1, 0.15) is 5.56 Å². The van der Waals surface area contributed by atoms with Crippen LogP contribution in [0, 0.1) is 0 Å². The van der Waals surface area contributed by atoms with Gasteiger partial charge in [0.2, 0.25) is 0 Å². The van der Waals surface area contributed by atoms with Crippen molar-refractivity contribution >= 4 is 11.9 Å². The van der Waals surface area contributed by atoms with E-state index in [4.69, 9.17) is 9.84 Å². The highest BCUT2D eigenvalue weighted by molar-refractivity contribution is 5.90. The van der Waals surface area contributed by atoms with E-state index >= 15 is 0 Å². The fourth-order valence-corrected chi connectivity index (χ4v) is 1.58. The SMILES string of the molecule is CN(C(=O)COc1cnccc1C(=O)O)C1CC1. The number of carboxylic acid groups (broad SMARTS) is 1. The Bertz CT molecular complexity index is 471. The van der Waals surface area contributed by atoms with E-state index in [2.05, 4.69) is 4.98 Å². The lowest BCUT2D eigenvalue weighted by atomic mass is 10.2. The van der Waals surface area contributed by atoms with E-state index in [0.29, 0.717) is 6.04 Å². The molecule has 1 saturated carbocycles. The summed E-state index contributed by atoms with van der Waals surface area (Å²) in [5.41, 5.74) is 0.00637. The molecule has 18 heavy (non-hydrogen) atoms. The minimum absolute atomic E-state index is 0.00637. The van der Waals surface area contributed by atoms with Crippen molar-refractivity contribution in [2.75, 3.05) is 13.7 Å². The molecule has 0 atom stereocenters. The number of hydrogen-bond acceptors (Lipinski definition) is 4. The van der Waals surface area contributed by atoms with Crippen LogP contribution in [0.15, 0.2) is 18.5 Å². The molecule has 0 radical (unpaired) electrons. The maximum Gasteiger partial charge on any atom is 0.339 e. The Hall–Kier alpha value is -2.11. The van der Waals surface area contributed by atoms with Gasteiger partial charge in [-0.1, -0.05) is 0 Å². The van der Waals surface area contributed by atoms with Crippen LogP contribution in [0.1, 0.15) is 23.2 Å². The number of aromatic nitrogens is 1. The number of aromatic carboxylic acids is 1. The van der Waals surface area contributed by atoms with E-state index in [-0.39, 0.29) is 23.8 Å². The highest BCUT2D eigenvalue weighted by Crippen LogP contribution is 2.25. The Kier molecular flexibility index (Phi) is 3.45. The van der Waals surface area contributed by atoms with Crippen LogP contribution in [-0.2, 0) is 4.79 Å². The molecular formula is C12H14N2O4. The van der Waals surface area contributed by atoms with E-state index in [9.17, 15) is 9.59 Å². The predicted molar refractivity (Wildman–Crippen MR) is 62.5 cm³/mol. The Balaban J connectivity index is 1.97. The van der Waals surface area contributed by atoms with Gasteiger partial charge in [0.15, 0.2) is 12.4 Å². The van der Waals surface area contributed by atoms with Crippen molar-refractivity contribution in [2.45, 2.75) is 18.9 Å². The first-order valence-electron chi connectivity index (χ1n) is 5.65. The summed E-state index contributed by atoms with van der Waals surface area (Å²) in [7, 11) is 1.73. The fourth-order valence-electron chi connectivity index (χ4n) is 1.58. The molecule has 0 aromatic carbocycles. The smallest absolute Gasteiger partial charge is 0.339 e. The molecule has 6 heteroatoms. The lowest BCUT2D eigenvalue weighted by molar-refractivity contribution is -0.132. The third-order valence-corrected chi connectivity index (χ3v) is 2.85. The fraction of sp³-hybridized carbons (Fsp3) is 0.417. The van der Waals surface area contributed by atoms with Crippen LogP contribution in [0.5, 0.6) is 5.75 Å². The van der Waals surface area contributed by atoms with Crippen molar-refractivity contribution in [3.05, 3.63) is 24.0 Å². The number of hydrogen-bond donors (Lipinski definition) is 1. The molecule has 0 bridgehead atoms. The zero-order valence-corrected chi connectivity index (χ0v) is 10.00. The monoisotopic (exact) mass is 250 g/mol. The van der Waals surface area contributed by atoms with E-state index < -0.39 is 5.97 Å². The maximum atomic E-state index is 11.7. The van der Waals surface area contributed by atoms with Gasteiger partial charge < -0.3 is 14.7 Å². The number of ether oxygens (including phenoxy) is 1. The Labute approximate surface area is 104 Å². The Morgan fingerprint density at radius 1 is 1.56 bits per heavy atom. The number of carbonyl (C=O) groups is 2. The predicted octanol–water partition coefficient (Wildman–Crippen LogP) is 0.779. The van der Waals surface area contributed by atoms with Crippen LogP contribution >= 0.6 is 0 Å². The number of rotatable bonds is 5. The molecule has 1 heterocycles. The summed E-state index contributed by atoms with van der Waals surface area (Å²) in [6, 6.07) is 1.65. The van der Waals surface area contributed by atoms with Crippen LogP contribution in [0.2, 0.25) is 0 Å². The number of pyridine rings is 1. The van der Waals surface area contributed by atoms with Gasteiger partial charge in [0.05, 0.1) is 6.20 Å². The maximum absolute atomic E-state index is 11.7. The van der Waals surface area contributed by atoms with E-state index in [0.717, 1.165) is 12.8 Å². The summed E-state index contributed by atoms with van der Waals surface area (Å²) >= 11 is 0. The van der Waals surface area contributed by atoms with E-state index in [1.165, 1.54) is 18.5 Å². The van der Waals surface area contributed by atoms with Gasteiger partial charge >= 0.3 is 5.97 Å². The number of likely N-dealkylation sites (N-methyl/N-ethyl adjacent to an activating group) is 1. The van der Waals surface area contributed by atoms with Gasteiger partial charge in [-0.15, -0.1) is 0 Å². The number of carbonyl (C=O) groups excluding carboxylic acids is 1. The molecule has 1 aliphatic carbocycles. The highest BCUT2D eigenvalue weighted by atomic mass is 16.5. The topological polar surface area (TPSA) is 79.7 Å². The van der Waals surface area contributed by atoms with Crippen molar-refractivity contribution in [2.24, 2.45) is 0 Å². The van der Waals surface area contributed by atoms with E-state index in [1.807, 2.05) is 0 Å². The lowest BCUT2D eigenvalue weighted by Crippen LogP contribution is -2.33. The number of amides is 1. The molecule has 1 aromatic heterocycles. The Morgan fingerprint density at radius 3 is 2.89 bits per heavy atom. The van der Waals surface area contributed by atoms with Crippen LogP contribution in [0.25, 0.3) is 0 Å². The van der Waals surface area contributed by atoms with Crippen molar-refractivity contribution in [3.8, 4) is 5.75 Å². The summed E-state index contributed by atoms with van der Waals surface area (Å²) in [5.74, 6) is -1.14. The summed E-state index contributed by atoms with van der Waals surface area (Å²) in [5, 5.41) is 8.94. The molecule has 96 valence electrons. The van der Waals surface area contributed by atoms with Gasteiger partial charge in [-0.3, -0.25) is 9.78 Å². The first kappa shape index (κ1) is 12.3. The zero-order chi connectivity index (χ0) is 13.1. The molecule has 1 aliphatic rings. The third kappa shape index (κ3) is 2.77. The second-order valence-electron chi connectivity index (χ2n) is 4.20. The summed E-state index contributed by atoms with van der Waals surface area (Å²) in [6.45, 7) is -0.168. The van der Waals surface area contributed by atoms with Gasteiger partial charge in [-0.25, -0.2) is 4.79 Å². The van der Waals surface area contributed by atoms with Gasteiger partial charge in [0, 0.05) is 19.3 Å². The average molecular weight is 250 g/mol. The quantitative estimate of drug-likeness (QED) is 0.835. The first-order valence-corrected chi connectivity index (χ1v) is 5.65. The van der Waals surface area contributed by atoms with Gasteiger partial charge in [-0.2, -0.15) is 0 Å². The lowest BCUT2D eigenvalue weighted by Gasteiger charge is -2.16. The normalized spacial score (nSPS) is 14.1. The molecule has 1 aromatic rings. The number of nitrogens with zero attached hydrogens (tertiary/aromatic N) is 2. The molecule has 6 nitrogen and oxygen atoms in total. The van der Waals surface area contributed by atoms with Crippen LogP contribution in [0.3, 0.4) is 0 Å². The average Bonchev–Trinajstić information content (AvgIpc) is 3.19. The minimum atomic E-state index is -1.10. The van der Waals surface area contributed by atoms with Crippen LogP contribution in [0.4, 0.5) is 0 Å². The van der Waals surface area contributed by atoms with Crippen molar-refractivity contribution in [1.29, 1.82) is 0 Å². The largest absolute Gasteiger partial charge is 0.481 e. The summed E-state index contributed by atoms with van der Waals surface area (Å²) in [4.78, 5) is 28.0. The zero-order valence-electron chi connectivity index (χ0n) is 10.00. The standard InChI is InChI=1S/C12H14N2O4/c1-14(8-2-3-8)11(15)7-18-10-6-13-5-4-9(10)12(16)17/h4-6,8H,2-3,7H2,1H3,(H,16,17). The molecule has 0 saturated heterocycles. The molecule has 1 amide bonds. The van der Waals surface area contributed by atoms with E-state index in [1.54, 1.807) is 11.9 Å². The second-order valence-corrected chi connectivity index (χ2v) is 4.20. The summed E-state index contributed by atoms with van der Waals surface area (Å²) in [6.07, 6.45) is 4.72. The van der Waals surface area contributed by atoms with Crippen molar-refractivity contribution in [3.63, 3.8) is 0 Å². The van der Waals surface area contributed by atoms with Crippen LogP contribution < -0.4 is 4.74 Å². The third-order valence-electron chi connectivity index (χ3n) is 2.85. The molecule has 2 rings (SSSR count). The molecule has 1 N–H and O–H groups in total. The van der Waals surface area contributed by atoms with Gasteiger partial charge in [0.25, 0.3) is 5.91 Å². The molecule has 0 unspecified atom stereocenters. The van der Waals surface area contributed by atoms with Crippen LogP contribution in [-0.4, -0.2) is 46.6 Å². The minimum Gasteiger partial charge on any atom is -0.481 e. The molecule has 0 spiro atoms. The summed E-state index contributed by atoms with van der Waals surface area (Å²) < 4.78 is 5.22. The van der Waals surface area contributed by atoms with Gasteiger partial charge in [-0.05, 0) is 18.9 Å². The second kappa shape index (κ2) is 5.03. The molecule has 1 fully saturated rings. The Morgan fingerprint density at radius 2 is 2.28 bits per heavy atom. The number of carboxylic acids is 1. The molecular weight excluding hydrogens is 236 g/mol. The first-order chi connectivity index (χ1) is 8.59. The van der Waals surface area contributed by atoms with Crippen molar-refractivity contribution in [1.82, 2.24) is 9.88 Å². The highest BCUT2D eigenvalue weighted by Gasteiger charge is 2.29.